The molecule has 0 bridgehead atoms. The average molecular weight is 398 g/mol. The predicted molar refractivity (Wildman–Crippen MR) is 97.8 cm³/mol. The molecule has 0 saturated carbocycles. The number of methoxy groups -OCH3 is 1. The first-order chi connectivity index (χ1) is 11.7. The van der Waals surface area contributed by atoms with E-state index in [1.54, 1.807) is 7.11 Å². The van der Waals surface area contributed by atoms with Gasteiger partial charge in [0.15, 0.2) is 0 Å². The normalized spacial score (nSPS) is 38.4. The maximum atomic E-state index is 12.8. The van der Waals surface area contributed by atoms with Gasteiger partial charge in [-0.1, -0.05) is 0 Å². The second kappa shape index (κ2) is 9.57. The Hall–Kier alpha value is 0.420. The van der Waals surface area contributed by atoms with E-state index in [0.29, 0.717) is 13.0 Å². The maximum absolute atomic E-state index is 12.8. The van der Waals surface area contributed by atoms with Gasteiger partial charge in [0.25, 0.3) is 0 Å². The molecule has 0 radical (unpaired) electrons. The Morgan fingerprint density at radius 2 is 1.60 bits per heavy atom. The summed E-state index contributed by atoms with van der Waals surface area (Å²) in [5.74, 6) is 0. The summed E-state index contributed by atoms with van der Waals surface area (Å²) < 4.78 is 46.9. The van der Waals surface area contributed by atoms with Crippen molar-refractivity contribution in [2.45, 2.75) is 63.3 Å². The molecule has 3 unspecified atom stereocenters. The van der Waals surface area contributed by atoms with Crippen molar-refractivity contribution in [3.05, 3.63) is 0 Å². The fraction of sp³-hybridized carbons (Fsp3) is 1.00. The molecule has 148 valence electrons. The standard InChI is InChI=1S/C16H32O7P2/c1-11-7-13(22-24(4)5)16(21-11)10-19-25(6,17)23-14-8-12(2)20-15(14)9-18-3/h11-16H,7-10H2,1-6H3/t11-,12-,13?,14?,15+,16+,25?/m0/s1. The summed E-state index contributed by atoms with van der Waals surface area (Å²) in [4.78, 5) is 0. The van der Waals surface area contributed by atoms with Crippen molar-refractivity contribution in [1.29, 1.82) is 0 Å². The maximum Gasteiger partial charge on any atom is 0.328 e. The van der Waals surface area contributed by atoms with Crippen molar-refractivity contribution in [2.75, 3.05) is 40.3 Å². The largest absolute Gasteiger partial charge is 0.382 e. The van der Waals surface area contributed by atoms with Crippen LogP contribution in [0, 0.1) is 0 Å². The Labute approximate surface area is 152 Å². The molecule has 7 nitrogen and oxygen atoms in total. The third-order valence-electron chi connectivity index (χ3n) is 4.25. The molecule has 0 aliphatic carbocycles. The lowest BCUT2D eigenvalue weighted by Crippen LogP contribution is -2.30. The van der Waals surface area contributed by atoms with Crippen LogP contribution in [0.5, 0.6) is 0 Å². The van der Waals surface area contributed by atoms with Gasteiger partial charge in [0.1, 0.15) is 12.2 Å². The molecule has 7 atom stereocenters. The molecule has 0 aromatic heterocycles. The summed E-state index contributed by atoms with van der Waals surface area (Å²) in [5.41, 5.74) is 0. The Bertz CT molecular complexity index is 462. The van der Waals surface area contributed by atoms with Gasteiger partial charge in [-0.05, 0) is 27.2 Å². The van der Waals surface area contributed by atoms with E-state index in [-0.39, 0.29) is 43.2 Å². The highest BCUT2D eigenvalue weighted by atomic mass is 31.2. The van der Waals surface area contributed by atoms with Gasteiger partial charge in [0, 0.05) is 34.8 Å². The molecule has 0 aromatic carbocycles. The van der Waals surface area contributed by atoms with Crippen LogP contribution in [0.1, 0.15) is 26.7 Å². The number of rotatable bonds is 9. The van der Waals surface area contributed by atoms with Gasteiger partial charge in [0.2, 0.25) is 0 Å². The molecule has 0 amide bonds. The van der Waals surface area contributed by atoms with Crippen molar-refractivity contribution in [2.24, 2.45) is 0 Å². The molecular formula is C16H32O7P2. The molecule has 2 saturated heterocycles. The van der Waals surface area contributed by atoms with Gasteiger partial charge in [-0.3, -0.25) is 4.57 Å². The van der Waals surface area contributed by atoms with Crippen LogP contribution < -0.4 is 0 Å². The topological polar surface area (TPSA) is 72.5 Å². The van der Waals surface area contributed by atoms with Gasteiger partial charge in [-0.15, -0.1) is 0 Å². The van der Waals surface area contributed by atoms with E-state index >= 15 is 0 Å². The molecule has 0 N–H and O–H groups in total. The minimum absolute atomic E-state index is 0.0211. The lowest BCUT2D eigenvalue weighted by Gasteiger charge is -2.25. The first-order valence-electron chi connectivity index (χ1n) is 8.74. The quantitative estimate of drug-likeness (QED) is 0.552. The summed E-state index contributed by atoms with van der Waals surface area (Å²) in [6.45, 7) is 10.2. The highest BCUT2D eigenvalue weighted by Gasteiger charge is 2.40. The number of ether oxygens (including phenoxy) is 3. The monoisotopic (exact) mass is 398 g/mol. The lowest BCUT2D eigenvalue weighted by atomic mass is 10.1. The molecular weight excluding hydrogens is 366 g/mol. The molecule has 9 heteroatoms. The summed E-state index contributed by atoms with van der Waals surface area (Å²) in [6, 6.07) is 0. The zero-order chi connectivity index (χ0) is 18.6. The van der Waals surface area contributed by atoms with Crippen molar-refractivity contribution in [1.82, 2.24) is 0 Å². The highest BCUT2D eigenvalue weighted by molar-refractivity contribution is 7.53. The molecule has 2 aliphatic heterocycles. The molecule has 2 heterocycles. The van der Waals surface area contributed by atoms with Crippen LogP contribution in [0.4, 0.5) is 0 Å². The third kappa shape index (κ3) is 6.82. The van der Waals surface area contributed by atoms with Gasteiger partial charge in [-0.2, -0.15) is 0 Å². The summed E-state index contributed by atoms with van der Waals surface area (Å²) in [7, 11) is -2.10. The van der Waals surface area contributed by atoms with E-state index in [1.165, 1.54) is 6.66 Å². The van der Waals surface area contributed by atoms with Crippen LogP contribution in [0.25, 0.3) is 0 Å². The second-order valence-corrected chi connectivity index (χ2v) is 10.9. The van der Waals surface area contributed by atoms with E-state index in [4.69, 9.17) is 27.8 Å². The van der Waals surface area contributed by atoms with E-state index in [2.05, 4.69) is 13.3 Å². The molecule has 0 spiro atoms. The molecule has 0 aromatic rings. The van der Waals surface area contributed by atoms with E-state index in [0.717, 1.165) is 6.42 Å². The Morgan fingerprint density at radius 1 is 1.04 bits per heavy atom. The van der Waals surface area contributed by atoms with Crippen LogP contribution in [0.2, 0.25) is 0 Å². The van der Waals surface area contributed by atoms with Crippen molar-refractivity contribution >= 4 is 15.7 Å². The van der Waals surface area contributed by atoms with Crippen molar-refractivity contribution < 1.29 is 32.3 Å². The highest BCUT2D eigenvalue weighted by Crippen LogP contribution is 2.48. The Kier molecular flexibility index (Phi) is 8.31. The molecule has 2 rings (SSSR count). The Morgan fingerprint density at radius 3 is 2.16 bits per heavy atom. The van der Waals surface area contributed by atoms with E-state index in [1.807, 2.05) is 13.8 Å². The SMILES string of the molecule is COC[C@H]1O[C@@H](C)CC1OP(C)(=O)OC[C@H]1O[C@@H](C)CC1OP(C)C. The lowest BCUT2D eigenvalue weighted by molar-refractivity contribution is -0.0311. The van der Waals surface area contributed by atoms with Crippen LogP contribution in [-0.4, -0.2) is 76.9 Å². The molecule has 2 aliphatic rings. The van der Waals surface area contributed by atoms with E-state index < -0.39 is 15.7 Å². The fourth-order valence-electron chi connectivity index (χ4n) is 3.28. The molecule has 25 heavy (non-hydrogen) atoms. The van der Waals surface area contributed by atoms with Crippen molar-refractivity contribution in [3.8, 4) is 0 Å². The number of hydrogen-bond donors (Lipinski definition) is 0. The molecule has 2 fully saturated rings. The summed E-state index contributed by atoms with van der Waals surface area (Å²) in [6.07, 6.45) is 0.912. The van der Waals surface area contributed by atoms with E-state index in [9.17, 15) is 4.57 Å². The first kappa shape index (κ1) is 21.7. The van der Waals surface area contributed by atoms with Gasteiger partial charge in [0.05, 0.1) is 37.6 Å². The fourth-order valence-corrected chi connectivity index (χ4v) is 5.23. The van der Waals surface area contributed by atoms with Crippen LogP contribution >= 0.6 is 15.7 Å². The minimum atomic E-state index is -3.23. The van der Waals surface area contributed by atoms with Gasteiger partial charge in [-0.25, -0.2) is 0 Å². The van der Waals surface area contributed by atoms with Gasteiger partial charge >= 0.3 is 7.60 Å². The Balaban J connectivity index is 1.86. The smallest absolute Gasteiger partial charge is 0.328 e. The minimum Gasteiger partial charge on any atom is -0.382 e. The van der Waals surface area contributed by atoms with Crippen molar-refractivity contribution in [3.63, 3.8) is 0 Å². The second-order valence-electron chi connectivity index (χ2n) is 7.06. The average Bonchev–Trinajstić information content (AvgIpc) is 2.99. The van der Waals surface area contributed by atoms with Gasteiger partial charge < -0.3 is 27.8 Å². The van der Waals surface area contributed by atoms with Crippen LogP contribution in [0.15, 0.2) is 0 Å². The predicted octanol–water partition coefficient (Wildman–Crippen LogP) is 3.25. The van der Waals surface area contributed by atoms with Crippen LogP contribution in [-0.2, 0) is 32.3 Å². The number of hydrogen-bond acceptors (Lipinski definition) is 7. The first-order valence-corrected chi connectivity index (χ1v) is 12.9. The summed E-state index contributed by atoms with van der Waals surface area (Å²) >= 11 is 0. The zero-order valence-electron chi connectivity index (χ0n) is 16.0. The third-order valence-corrected chi connectivity index (χ3v) is 6.21. The van der Waals surface area contributed by atoms with Crippen LogP contribution in [0.3, 0.4) is 0 Å². The zero-order valence-corrected chi connectivity index (χ0v) is 17.8. The summed E-state index contributed by atoms with van der Waals surface area (Å²) in [5, 5.41) is 0.